The molecule has 0 aliphatic carbocycles. The lowest BCUT2D eigenvalue weighted by atomic mass is 10.1. The molecular weight excluding hydrogens is 251 g/mol. The first-order valence-electron chi connectivity index (χ1n) is 5.57. The fourth-order valence-corrected chi connectivity index (χ4v) is 1.89. The number of hydrogen-bond acceptors (Lipinski definition) is 2. The zero-order chi connectivity index (χ0) is 13.3. The molecule has 0 heterocycles. The molecule has 0 saturated heterocycles. The van der Waals surface area contributed by atoms with Gasteiger partial charge in [-0.15, -0.1) is 0 Å². The van der Waals surface area contributed by atoms with Gasteiger partial charge in [-0.1, -0.05) is 23.7 Å². The molecule has 0 saturated carbocycles. The van der Waals surface area contributed by atoms with Crippen molar-refractivity contribution >= 4 is 28.7 Å². The van der Waals surface area contributed by atoms with Gasteiger partial charge in [-0.05, 0) is 43.2 Å². The molecule has 2 aromatic rings. The van der Waals surface area contributed by atoms with Crippen LogP contribution in [-0.2, 0) is 0 Å². The molecule has 18 heavy (non-hydrogen) atoms. The highest BCUT2D eigenvalue weighted by Gasteiger charge is 2.08. The van der Waals surface area contributed by atoms with Crippen LogP contribution in [0, 0.1) is 19.7 Å². The molecule has 0 fully saturated rings. The van der Waals surface area contributed by atoms with E-state index >= 15 is 0 Å². The molecule has 4 heteroatoms. The Hall–Kier alpha value is -1.74. The molecular formula is C14H14ClFN2. The Bertz CT molecular complexity index is 597. The van der Waals surface area contributed by atoms with E-state index in [1.54, 1.807) is 37.3 Å². The predicted molar refractivity (Wildman–Crippen MR) is 75.0 cm³/mol. The maximum Gasteiger partial charge on any atom is 0.149 e. The average Bonchev–Trinajstić information content (AvgIpc) is 2.32. The number of anilines is 3. The summed E-state index contributed by atoms with van der Waals surface area (Å²) in [6.45, 7) is 3.62. The summed E-state index contributed by atoms with van der Waals surface area (Å²) in [7, 11) is 0. The second-order valence-corrected chi connectivity index (χ2v) is 4.66. The van der Waals surface area contributed by atoms with Gasteiger partial charge in [0.1, 0.15) is 5.82 Å². The Morgan fingerprint density at radius 2 is 1.83 bits per heavy atom. The van der Waals surface area contributed by atoms with Crippen LogP contribution in [0.4, 0.5) is 21.5 Å². The summed E-state index contributed by atoms with van der Waals surface area (Å²) in [5.74, 6) is -0.259. The quantitative estimate of drug-likeness (QED) is 0.788. The molecule has 0 atom stereocenters. The first kappa shape index (κ1) is 12.7. The molecule has 0 aromatic heterocycles. The fourth-order valence-electron chi connectivity index (χ4n) is 1.73. The highest BCUT2D eigenvalue weighted by molar-refractivity contribution is 6.33. The first-order chi connectivity index (χ1) is 8.49. The maximum atomic E-state index is 13.9. The van der Waals surface area contributed by atoms with Crippen molar-refractivity contribution < 1.29 is 4.39 Å². The van der Waals surface area contributed by atoms with E-state index in [-0.39, 0.29) is 5.82 Å². The fraction of sp³-hybridized carbons (Fsp3) is 0.143. The third-order valence-corrected chi connectivity index (χ3v) is 3.13. The number of nitrogens with one attached hydrogen (secondary N) is 1. The SMILES string of the molecule is Cc1cc(N)c(Cl)cc1Nc1cccc(C)c1F. The van der Waals surface area contributed by atoms with Crippen molar-refractivity contribution in [3.05, 3.63) is 52.3 Å². The van der Waals surface area contributed by atoms with Crippen LogP contribution in [0.5, 0.6) is 0 Å². The van der Waals surface area contributed by atoms with Gasteiger partial charge in [0.05, 0.1) is 16.4 Å². The summed E-state index contributed by atoms with van der Waals surface area (Å²) >= 11 is 5.96. The van der Waals surface area contributed by atoms with Crippen molar-refractivity contribution in [3.8, 4) is 0 Å². The molecule has 2 rings (SSSR count). The van der Waals surface area contributed by atoms with E-state index < -0.39 is 0 Å². The standard InChI is InChI=1S/C14H14ClFN2/c1-8-4-3-5-12(14(8)16)18-13-7-10(15)11(17)6-9(13)2/h3-7,18H,17H2,1-2H3. The monoisotopic (exact) mass is 264 g/mol. The molecule has 0 unspecified atom stereocenters. The average molecular weight is 265 g/mol. The molecule has 0 bridgehead atoms. The smallest absolute Gasteiger partial charge is 0.149 e. The van der Waals surface area contributed by atoms with Crippen molar-refractivity contribution in [2.45, 2.75) is 13.8 Å². The Morgan fingerprint density at radius 3 is 2.56 bits per heavy atom. The van der Waals surface area contributed by atoms with Gasteiger partial charge in [0, 0.05) is 5.69 Å². The number of nitrogen functional groups attached to an aromatic ring is 1. The highest BCUT2D eigenvalue weighted by Crippen LogP contribution is 2.30. The van der Waals surface area contributed by atoms with E-state index in [0.717, 1.165) is 11.3 Å². The third-order valence-electron chi connectivity index (χ3n) is 2.80. The molecule has 0 aliphatic rings. The van der Waals surface area contributed by atoms with Gasteiger partial charge in [0.2, 0.25) is 0 Å². The molecule has 3 N–H and O–H groups in total. The van der Waals surface area contributed by atoms with Crippen LogP contribution in [0.25, 0.3) is 0 Å². The van der Waals surface area contributed by atoms with Crippen LogP contribution in [0.1, 0.15) is 11.1 Å². The minimum Gasteiger partial charge on any atom is -0.398 e. The number of rotatable bonds is 2. The summed E-state index contributed by atoms with van der Waals surface area (Å²) < 4.78 is 13.9. The van der Waals surface area contributed by atoms with E-state index in [1.807, 2.05) is 6.92 Å². The summed E-state index contributed by atoms with van der Waals surface area (Å²) in [6.07, 6.45) is 0. The van der Waals surface area contributed by atoms with Crippen LogP contribution in [0.3, 0.4) is 0 Å². The molecule has 2 nitrogen and oxygen atoms in total. The minimum absolute atomic E-state index is 0.259. The Balaban J connectivity index is 2.40. The molecule has 2 aromatic carbocycles. The largest absolute Gasteiger partial charge is 0.398 e. The van der Waals surface area contributed by atoms with E-state index in [1.165, 1.54) is 0 Å². The van der Waals surface area contributed by atoms with Gasteiger partial charge < -0.3 is 11.1 Å². The number of benzene rings is 2. The second-order valence-electron chi connectivity index (χ2n) is 4.25. The number of aryl methyl sites for hydroxylation is 2. The van der Waals surface area contributed by atoms with Crippen LogP contribution in [0.2, 0.25) is 5.02 Å². The zero-order valence-corrected chi connectivity index (χ0v) is 11.0. The second kappa shape index (κ2) is 4.86. The van der Waals surface area contributed by atoms with Gasteiger partial charge in [0.15, 0.2) is 0 Å². The molecule has 0 radical (unpaired) electrons. The number of nitrogens with two attached hydrogens (primary N) is 1. The number of hydrogen-bond donors (Lipinski definition) is 2. The van der Waals surface area contributed by atoms with Gasteiger partial charge >= 0.3 is 0 Å². The maximum absolute atomic E-state index is 13.9. The molecule has 0 aliphatic heterocycles. The van der Waals surface area contributed by atoms with Gasteiger partial charge in [0.25, 0.3) is 0 Å². The molecule has 0 amide bonds. The summed E-state index contributed by atoms with van der Waals surface area (Å²) in [4.78, 5) is 0. The first-order valence-corrected chi connectivity index (χ1v) is 5.94. The van der Waals surface area contributed by atoms with E-state index in [4.69, 9.17) is 17.3 Å². The van der Waals surface area contributed by atoms with Gasteiger partial charge in [-0.3, -0.25) is 0 Å². The lowest BCUT2D eigenvalue weighted by molar-refractivity contribution is 0.622. The topological polar surface area (TPSA) is 38.0 Å². The minimum atomic E-state index is -0.259. The van der Waals surface area contributed by atoms with Crippen molar-refractivity contribution in [1.29, 1.82) is 0 Å². The number of halogens is 2. The summed E-state index contributed by atoms with van der Waals surface area (Å²) in [5, 5.41) is 3.49. The lowest BCUT2D eigenvalue weighted by Crippen LogP contribution is -1.99. The third kappa shape index (κ3) is 2.41. The van der Waals surface area contributed by atoms with Crippen LogP contribution in [0.15, 0.2) is 30.3 Å². The van der Waals surface area contributed by atoms with Gasteiger partial charge in [-0.2, -0.15) is 0 Å². The van der Waals surface area contributed by atoms with Crippen molar-refractivity contribution in [2.24, 2.45) is 0 Å². The Morgan fingerprint density at radius 1 is 1.11 bits per heavy atom. The van der Waals surface area contributed by atoms with Crippen molar-refractivity contribution in [3.63, 3.8) is 0 Å². The van der Waals surface area contributed by atoms with Crippen molar-refractivity contribution in [1.82, 2.24) is 0 Å². The molecule has 0 spiro atoms. The summed E-state index contributed by atoms with van der Waals surface area (Å²) in [5.41, 5.74) is 8.91. The zero-order valence-electron chi connectivity index (χ0n) is 10.2. The normalized spacial score (nSPS) is 10.4. The Labute approximate surface area is 111 Å². The van der Waals surface area contributed by atoms with E-state index in [0.29, 0.717) is 22.0 Å². The van der Waals surface area contributed by atoms with Crippen LogP contribution in [-0.4, -0.2) is 0 Å². The van der Waals surface area contributed by atoms with Crippen LogP contribution < -0.4 is 11.1 Å². The highest BCUT2D eigenvalue weighted by atomic mass is 35.5. The van der Waals surface area contributed by atoms with E-state index in [9.17, 15) is 4.39 Å². The Kier molecular flexibility index (Phi) is 3.43. The van der Waals surface area contributed by atoms with E-state index in [2.05, 4.69) is 5.32 Å². The summed E-state index contributed by atoms with van der Waals surface area (Å²) in [6, 6.07) is 8.68. The molecule has 94 valence electrons. The van der Waals surface area contributed by atoms with Crippen molar-refractivity contribution in [2.75, 3.05) is 11.1 Å². The van der Waals surface area contributed by atoms with Crippen LogP contribution >= 0.6 is 11.6 Å². The lowest BCUT2D eigenvalue weighted by Gasteiger charge is -2.13. The predicted octanol–water partition coefficient (Wildman–Crippen LogP) is 4.42. The van der Waals surface area contributed by atoms with Gasteiger partial charge in [-0.25, -0.2) is 4.39 Å².